The third kappa shape index (κ3) is 4.83. The fraction of sp³-hybridized carbons (Fsp3) is 0.0455. The lowest BCUT2D eigenvalue weighted by Gasteiger charge is -2.12. The van der Waals surface area contributed by atoms with Gasteiger partial charge in [-0.05, 0) is 55.0 Å². The molecule has 7 heteroatoms. The van der Waals surface area contributed by atoms with E-state index < -0.39 is 11.7 Å². The van der Waals surface area contributed by atoms with E-state index in [4.69, 9.17) is 18.0 Å². The molecule has 1 amide bonds. The SMILES string of the molecule is CC(=O)c1cccc(NC(=S)Nc2ccc(-c3cccc(C(N)=O)c3F)cc2)c1. The first-order valence-electron chi connectivity index (χ1n) is 8.73. The summed E-state index contributed by atoms with van der Waals surface area (Å²) in [4.78, 5) is 22.8. The molecule has 0 aliphatic rings. The number of primary amides is 1. The van der Waals surface area contributed by atoms with Crippen LogP contribution in [0.5, 0.6) is 0 Å². The maximum absolute atomic E-state index is 14.5. The maximum Gasteiger partial charge on any atom is 0.251 e. The van der Waals surface area contributed by atoms with Gasteiger partial charge in [-0.3, -0.25) is 9.59 Å². The number of amides is 1. The molecule has 0 heterocycles. The van der Waals surface area contributed by atoms with Crippen molar-refractivity contribution < 1.29 is 14.0 Å². The van der Waals surface area contributed by atoms with Gasteiger partial charge >= 0.3 is 0 Å². The number of halogens is 1. The van der Waals surface area contributed by atoms with Crippen LogP contribution in [0.1, 0.15) is 27.6 Å². The van der Waals surface area contributed by atoms with Crippen molar-refractivity contribution in [2.45, 2.75) is 6.92 Å². The van der Waals surface area contributed by atoms with Gasteiger partial charge in [0, 0.05) is 22.5 Å². The van der Waals surface area contributed by atoms with Gasteiger partial charge in [0.25, 0.3) is 5.91 Å². The number of carbonyl (C=O) groups is 2. The normalized spacial score (nSPS) is 10.3. The van der Waals surface area contributed by atoms with E-state index in [2.05, 4.69) is 10.6 Å². The summed E-state index contributed by atoms with van der Waals surface area (Å²) in [5.74, 6) is -1.49. The second kappa shape index (κ2) is 8.62. The first kappa shape index (κ1) is 20.2. The van der Waals surface area contributed by atoms with Gasteiger partial charge in [-0.1, -0.05) is 36.4 Å². The number of ketones is 1. The van der Waals surface area contributed by atoms with E-state index >= 15 is 0 Å². The molecule has 0 unspecified atom stereocenters. The maximum atomic E-state index is 14.5. The van der Waals surface area contributed by atoms with Crippen LogP contribution in [0.4, 0.5) is 15.8 Å². The van der Waals surface area contributed by atoms with E-state index in [1.807, 2.05) is 0 Å². The van der Waals surface area contributed by atoms with Crippen LogP contribution in [0.2, 0.25) is 0 Å². The molecule has 5 nitrogen and oxygen atoms in total. The summed E-state index contributed by atoms with van der Waals surface area (Å²) in [5, 5.41) is 6.39. The highest BCUT2D eigenvalue weighted by Gasteiger charge is 2.13. The highest BCUT2D eigenvalue weighted by atomic mass is 32.1. The van der Waals surface area contributed by atoms with Crippen LogP contribution >= 0.6 is 12.2 Å². The average Bonchev–Trinajstić information content (AvgIpc) is 2.69. The Bertz CT molecular complexity index is 1100. The number of hydrogen-bond acceptors (Lipinski definition) is 3. The molecule has 0 atom stereocenters. The monoisotopic (exact) mass is 407 g/mol. The Labute approximate surface area is 172 Å². The summed E-state index contributed by atoms with van der Waals surface area (Å²) in [7, 11) is 0. The zero-order valence-corrected chi connectivity index (χ0v) is 16.3. The molecule has 0 aromatic heterocycles. The Balaban J connectivity index is 1.72. The number of Topliss-reactive ketones (excluding diaryl/α,β-unsaturated/α-hetero) is 1. The molecular formula is C22H18FN3O2S. The molecule has 3 aromatic rings. The molecule has 0 radical (unpaired) electrons. The molecule has 0 bridgehead atoms. The summed E-state index contributed by atoms with van der Waals surface area (Å²) >= 11 is 5.30. The van der Waals surface area contributed by atoms with Gasteiger partial charge < -0.3 is 16.4 Å². The second-order valence-corrected chi connectivity index (χ2v) is 6.73. The van der Waals surface area contributed by atoms with Crippen LogP contribution in [0.3, 0.4) is 0 Å². The van der Waals surface area contributed by atoms with Gasteiger partial charge in [0.1, 0.15) is 5.82 Å². The fourth-order valence-electron chi connectivity index (χ4n) is 2.79. The average molecular weight is 407 g/mol. The topological polar surface area (TPSA) is 84.2 Å². The molecule has 0 spiro atoms. The Morgan fingerprint density at radius 1 is 0.931 bits per heavy atom. The predicted octanol–water partition coefficient (Wildman–Crippen LogP) is 4.60. The lowest BCUT2D eigenvalue weighted by Crippen LogP contribution is -2.19. The number of benzene rings is 3. The number of nitrogens with one attached hydrogen (secondary N) is 2. The summed E-state index contributed by atoms with van der Waals surface area (Å²) in [6.45, 7) is 1.50. The number of thiocarbonyl (C=S) groups is 1. The largest absolute Gasteiger partial charge is 0.366 e. The Kier molecular flexibility index (Phi) is 5.99. The summed E-state index contributed by atoms with van der Waals surface area (Å²) < 4.78 is 14.5. The van der Waals surface area contributed by atoms with Gasteiger partial charge in [0.2, 0.25) is 0 Å². The molecule has 29 heavy (non-hydrogen) atoms. The number of rotatable bonds is 5. The molecule has 0 aliphatic heterocycles. The highest BCUT2D eigenvalue weighted by molar-refractivity contribution is 7.80. The van der Waals surface area contributed by atoms with Crippen molar-refractivity contribution in [2.24, 2.45) is 5.73 Å². The third-order valence-corrected chi connectivity index (χ3v) is 4.45. The van der Waals surface area contributed by atoms with Crippen molar-refractivity contribution in [3.05, 3.63) is 83.7 Å². The molecule has 3 rings (SSSR count). The molecular weight excluding hydrogens is 389 g/mol. The van der Waals surface area contributed by atoms with Crippen LogP contribution < -0.4 is 16.4 Å². The van der Waals surface area contributed by atoms with Crippen molar-refractivity contribution in [1.82, 2.24) is 0 Å². The standard InChI is InChI=1S/C22H18FN3O2S/c1-13(27)15-4-2-5-17(12-15)26-22(29)25-16-10-8-14(9-11-16)18-6-3-7-19(20(18)23)21(24)28/h2-12H,1H3,(H2,24,28)(H2,25,26,29). The lowest BCUT2D eigenvalue weighted by atomic mass is 10.0. The smallest absolute Gasteiger partial charge is 0.251 e. The van der Waals surface area contributed by atoms with Gasteiger partial charge in [0.15, 0.2) is 10.9 Å². The van der Waals surface area contributed by atoms with Crippen molar-refractivity contribution in [2.75, 3.05) is 10.6 Å². The van der Waals surface area contributed by atoms with Crippen LogP contribution in [0, 0.1) is 5.82 Å². The number of carbonyl (C=O) groups excluding carboxylic acids is 2. The number of hydrogen-bond donors (Lipinski definition) is 3. The van der Waals surface area contributed by atoms with Crippen molar-refractivity contribution >= 4 is 40.4 Å². The van der Waals surface area contributed by atoms with Crippen molar-refractivity contribution in [3.63, 3.8) is 0 Å². The van der Waals surface area contributed by atoms with Gasteiger partial charge in [-0.25, -0.2) is 4.39 Å². The molecule has 0 fully saturated rings. The van der Waals surface area contributed by atoms with E-state index in [0.29, 0.717) is 27.6 Å². The third-order valence-electron chi connectivity index (χ3n) is 4.24. The molecule has 3 aromatic carbocycles. The zero-order valence-electron chi connectivity index (χ0n) is 15.5. The van der Waals surface area contributed by atoms with Gasteiger partial charge in [-0.2, -0.15) is 0 Å². The first-order valence-corrected chi connectivity index (χ1v) is 9.14. The molecule has 0 aliphatic carbocycles. The minimum atomic E-state index is -0.812. The molecule has 146 valence electrons. The Hall–Kier alpha value is -3.58. The minimum Gasteiger partial charge on any atom is -0.366 e. The summed E-state index contributed by atoms with van der Waals surface area (Å²) in [6.07, 6.45) is 0. The van der Waals surface area contributed by atoms with Gasteiger partial charge in [-0.15, -0.1) is 0 Å². The van der Waals surface area contributed by atoms with Crippen LogP contribution in [-0.4, -0.2) is 16.8 Å². The molecule has 4 N–H and O–H groups in total. The summed E-state index contributed by atoms with van der Waals surface area (Å²) in [5.41, 5.74) is 7.91. The Morgan fingerprint density at radius 3 is 2.24 bits per heavy atom. The van der Waals surface area contributed by atoms with Crippen molar-refractivity contribution in [1.29, 1.82) is 0 Å². The summed E-state index contributed by atoms with van der Waals surface area (Å²) in [6, 6.07) is 18.4. The second-order valence-electron chi connectivity index (χ2n) is 6.32. The van der Waals surface area contributed by atoms with Crippen LogP contribution in [-0.2, 0) is 0 Å². The van der Waals surface area contributed by atoms with Crippen LogP contribution in [0.25, 0.3) is 11.1 Å². The fourth-order valence-corrected chi connectivity index (χ4v) is 3.02. The van der Waals surface area contributed by atoms with Crippen LogP contribution in [0.15, 0.2) is 66.7 Å². The van der Waals surface area contributed by atoms with Crippen molar-refractivity contribution in [3.8, 4) is 11.1 Å². The molecule has 0 saturated heterocycles. The first-order chi connectivity index (χ1) is 13.8. The zero-order chi connectivity index (χ0) is 21.0. The van der Waals surface area contributed by atoms with E-state index in [-0.39, 0.29) is 16.9 Å². The lowest BCUT2D eigenvalue weighted by molar-refractivity contribution is 0.0993. The van der Waals surface area contributed by atoms with E-state index in [0.717, 1.165) is 0 Å². The molecule has 0 saturated carbocycles. The Morgan fingerprint density at radius 2 is 1.59 bits per heavy atom. The quantitative estimate of drug-likeness (QED) is 0.425. The number of anilines is 2. The minimum absolute atomic E-state index is 0.0317. The van der Waals surface area contributed by atoms with E-state index in [9.17, 15) is 14.0 Å². The van der Waals surface area contributed by atoms with E-state index in [1.165, 1.54) is 13.0 Å². The van der Waals surface area contributed by atoms with E-state index in [1.54, 1.807) is 60.7 Å². The number of nitrogens with two attached hydrogens (primary N) is 1. The predicted molar refractivity (Wildman–Crippen MR) is 117 cm³/mol. The van der Waals surface area contributed by atoms with Gasteiger partial charge in [0.05, 0.1) is 5.56 Å². The highest BCUT2D eigenvalue weighted by Crippen LogP contribution is 2.26.